The Labute approximate surface area is 224 Å². The lowest BCUT2D eigenvalue weighted by Gasteiger charge is -2.36. The van der Waals surface area contributed by atoms with Crippen LogP contribution < -0.4 is 11.1 Å². The number of rotatable bonds is 6. The third-order valence-electron chi connectivity index (χ3n) is 7.39. The van der Waals surface area contributed by atoms with Gasteiger partial charge in [-0.15, -0.1) is 0 Å². The Morgan fingerprint density at radius 2 is 1.90 bits per heavy atom. The van der Waals surface area contributed by atoms with E-state index < -0.39 is 30.4 Å². The first kappa shape index (κ1) is 25.2. The summed E-state index contributed by atoms with van der Waals surface area (Å²) in [6.07, 6.45) is 0.891. The Balaban J connectivity index is 1.23. The van der Waals surface area contributed by atoms with Crippen LogP contribution in [0.2, 0.25) is 0 Å². The van der Waals surface area contributed by atoms with Crippen LogP contribution in [0, 0.1) is 11.8 Å². The first-order chi connectivity index (χ1) is 18.9. The fourth-order valence-electron chi connectivity index (χ4n) is 4.81. The van der Waals surface area contributed by atoms with E-state index in [1.165, 1.54) is 10.9 Å². The second-order valence-electron chi connectivity index (χ2n) is 10.2. The van der Waals surface area contributed by atoms with E-state index in [-0.39, 0.29) is 47.3 Å². The van der Waals surface area contributed by atoms with Gasteiger partial charge < -0.3 is 30.9 Å². The van der Waals surface area contributed by atoms with Crippen molar-refractivity contribution in [3.63, 3.8) is 0 Å². The highest BCUT2D eigenvalue weighted by molar-refractivity contribution is 5.94. The SMILES string of the molecule is Nc1nc(C#CCN(C(=O)c2ccccc2)C2CCC2)nc2c1ncn2[C@@H]1O[C@H](C(=O)NC2CC2)[C@@H](O)[C@H]1O. The Hall–Kier alpha value is -4.05. The molecule has 2 amide bonds. The van der Waals surface area contributed by atoms with Crippen LogP contribution in [0.3, 0.4) is 0 Å². The smallest absolute Gasteiger partial charge is 0.254 e. The number of carbonyl (C=O) groups is 2. The van der Waals surface area contributed by atoms with E-state index in [1.807, 2.05) is 18.2 Å². The number of nitrogens with one attached hydrogen (secondary N) is 1. The van der Waals surface area contributed by atoms with Crippen LogP contribution in [-0.4, -0.2) is 83.4 Å². The van der Waals surface area contributed by atoms with Crippen LogP contribution in [0.4, 0.5) is 5.82 Å². The van der Waals surface area contributed by atoms with Gasteiger partial charge in [0.05, 0.1) is 12.9 Å². The molecule has 12 heteroatoms. The molecule has 0 bridgehead atoms. The maximum atomic E-state index is 13.1. The molecular formula is C27H29N7O5. The number of nitrogens with zero attached hydrogens (tertiary/aromatic N) is 5. The summed E-state index contributed by atoms with van der Waals surface area (Å²) >= 11 is 0. The lowest BCUT2D eigenvalue weighted by atomic mass is 9.91. The van der Waals surface area contributed by atoms with Crippen LogP contribution in [0.1, 0.15) is 54.5 Å². The van der Waals surface area contributed by atoms with Crippen LogP contribution in [0.25, 0.3) is 11.2 Å². The summed E-state index contributed by atoms with van der Waals surface area (Å²) < 4.78 is 7.18. The number of ether oxygens (including phenoxy) is 1. The van der Waals surface area contributed by atoms with Gasteiger partial charge in [0.2, 0.25) is 5.82 Å². The number of hydrogen-bond donors (Lipinski definition) is 4. The number of aliphatic hydroxyl groups excluding tert-OH is 2. The topological polar surface area (TPSA) is 169 Å². The molecule has 0 unspecified atom stereocenters. The third-order valence-corrected chi connectivity index (χ3v) is 7.39. The molecule has 202 valence electrons. The first-order valence-electron chi connectivity index (χ1n) is 13.1. The summed E-state index contributed by atoms with van der Waals surface area (Å²) in [6, 6.07) is 9.33. The molecule has 1 saturated heterocycles. The molecule has 0 radical (unpaired) electrons. The van der Waals surface area contributed by atoms with Gasteiger partial charge in [0.25, 0.3) is 11.8 Å². The molecule has 1 aliphatic heterocycles. The molecule has 3 heterocycles. The van der Waals surface area contributed by atoms with E-state index in [0.717, 1.165) is 32.1 Å². The highest BCUT2D eigenvalue weighted by atomic mass is 16.6. The molecule has 2 saturated carbocycles. The molecule has 3 fully saturated rings. The lowest BCUT2D eigenvalue weighted by molar-refractivity contribution is -0.137. The first-order valence-corrected chi connectivity index (χ1v) is 13.1. The Morgan fingerprint density at radius 1 is 1.13 bits per heavy atom. The van der Waals surface area contributed by atoms with Crippen molar-refractivity contribution in [2.75, 3.05) is 12.3 Å². The predicted molar refractivity (Wildman–Crippen MR) is 139 cm³/mol. The second-order valence-corrected chi connectivity index (χ2v) is 10.2. The lowest BCUT2D eigenvalue weighted by Crippen LogP contribution is -2.44. The quantitative estimate of drug-likeness (QED) is 0.328. The monoisotopic (exact) mass is 531 g/mol. The van der Waals surface area contributed by atoms with Gasteiger partial charge in [-0.05, 0) is 50.2 Å². The van der Waals surface area contributed by atoms with E-state index in [0.29, 0.717) is 5.56 Å². The summed E-state index contributed by atoms with van der Waals surface area (Å²) in [5, 5.41) is 24.0. The molecule has 2 aliphatic carbocycles. The number of benzene rings is 1. The van der Waals surface area contributed by atoms with E-state index >= 15 is 0 Å². The minimum atomic E-state index is -1.43. The number of imidazole rings is 1. The number of amides is 2. The summed E-state index contributed by atoms with van der Waals surface area (Å²) in [5.41, 5.74) is 7.25. The molecule has 0 spiro atoms. The van der Waals surface area contributed by atoms with Gasteiger partial charge in [0.15, 0.2) is 23.8 Å². The molecule has 1 aromatic carbocycles. The second kappa shape index (κ2) is 10.3. The zero-order valence-corrected chi connectivity index (χ0v) is 21.1. The molecule has 3 aromatic rings. The fourth-order valence-corrected chi connectivity index (χ4v) is 4.81. The van der Waals surface area contributed by atoms with Gasteiger partial charge >= 0.3 is 0 Å². The molecule has 3 aliphatic rings. The number of fused-ring (bicyclic) bond motifs is 1. The van der Waals surface area contributed by atoms with Crippen LogP contribution in [0.15, 0.2) is 36.7 Å². The van der Waals surface area contributed by atoms with E-state index in [1.54, 1.807) is 17.0 Å². The van der Waals surface area contributed by atoms with Crippen molar-refractivity contribution in [2.45, 2.75) is 68.7 Å². The molecule has 12 nitrogen and oxygen atoms in total. The summed E-state index contributed by atoms with van der Waals surface area (Å²) in [5.74, 6) is 5.54. The van der Waals surface area contributed by atoms with Gasteiger partial charge in [0.1, 0.15) is 17.7 Å². The number of nitrogens with two attached hydrogens (primary N) is 1. The highest BCUT2D eigenvalue weighted by Crippen LogP contribution is 2.33. The Kier molecular flexibility index (Phi) is 6.64. The highest BCUT2D eigenvalue weighted by Gasteiger charge is 2.48. The average molecular weight is 532 g/mol. The van der Waals surface area contributed by atoms with Crippen LogP contribution in [0.5, 0.6) is 0 Å². The molecular weight excluding hydrogens is 502 g/mol. The number of aromatic nitrogens is 4. The van der Waals surface area contributed by atoms with E-state index in [4.69, 9.17) is 10.5 Å². The maximum Gasteiger partial charge on any atom is 0.254 e. The van der Waals surface area contributed by atoms with Gasteiger partial charge in [0, 0.05) is 17.6 Å². The van der Waals surface area contributed by atoms with Gasteiger partial charge in [-0.25, -0.2) is 15.0 Å². The van der Waals surface area contributed by atoms with Crippen molar-refractivity contribution in [2.24, 2.45) is 0 Å². The predicted octanol–water partition coefficient (Wildman–Crippen LogP) is 0.353. The van der Waals surface area contributed by atoms with Gasteiger partial charge in [-0.2, -0.15) is 0 Å². The molecule has 4 atom stereocenters. The number of nitrogen functional groups attached to an aromatic ring is 1. The number of hydrogen-bond acceptors (Lipinski definition) is 9. The van der Waals surface area contributed by atoms with Crippen molar-refractivity contribution >= 4 is 28.8 Å². The van der Waals surface area contributed by atoms with Gasteiger partial charge in [-0.1, -0.05) is 24.1 Å². The zero-order chi connectivity index (χ0) is 27.1. The standard InChI is InChI=1S/C27H29N7O5/c28-23-19-24(34(14-29-19)27-21(36)20(35)22(39-27)25(37)30-16-11-12-16)32-18(31-23)10-5-13-33(17-8-4-9-17)26(38)15-6-2-1-3-7-15/h1-3,6-7,14,16-17,20-22,27,35-36H,4,8-9,11-13H2,(H,30,37)(H2,28,31,32)/t20-,21+,22-,27+/m0/s1. The molecule has 2 aromatic heterocycles. The van der Waals surface area contributed by atoms with Gasteiger partial charge in [-0.3, -0.25) is 14.2 Å². The maximum absolute atomic E-state index is 13.1. The van der Waals surface area contributed by atoms with E-state index in [2.05, 4.69) is 32.1 Å². The minimum Gasteiger partial charge on any atom is -0.387 e. The van der Waals surface area contributed by atoms with Crippen molar-refractivity contribution < 1.29 is 24.5 Å². The normalized spacial score (nSPS) is 24.6. The Bertz CT molecular complexity index is 1460. The van der Waals surface area contributed by atoms with Crippen LogP contribution >= 0.6 is 0 Å². The Morgan fingerprint density at radius 3 is 2.59 bits per heavy atom. The van der Waals surface area contributed by atoms with Crippen molar-refractivity contribution in [1.82, 2.24) is 29.7 Å². The summed E-state index contributed by atoms with van der Waals surface area (Å²) in [6.45, 7) is 0.202. The molecule has 6 rings (SSSR count). The largest absolute Gasteiger partial charge is 0.387 e. The third kappa shape index (κ3) is 4.92. The summed E-state index contributed by atoms with van der Waals surface area (Å²) in [7, 11) is 0. The molecule has 5 N–H and O–H groups in total. The minimum absolute atomic E-state index is 0.0743. The fraction of sp³-hybridized carbons (Fsp3) is 0.444. The number of carbonyl (C=O) groups excluding carboxylic acids is 2. The van der Waals surface area contributed by atoms with Crippen molar-refractivity contribution in [3.8, 4) is 11.8 Å². The number of anilines is 1. The average Bonchev–Trinajstić information content (AvgIpc) is 3.54. The molecule has 39 heavy (non-hydrogen) atoms. The number of aliphatic hydroxyl groups is 2. The van der Waals surface area contributed by atoms with Crippen molar-refractivity contribution in [3.05, 3.63) is 48.0 Å². The van der Waals surface area contributed by atoms with Crippen LogP contribution in [-0.2, 0) is 9.53 Å². The summed E-state index contributed by atoms with van der Waals surface area (Å²) in [4.78, 5) is 40.3. The van der Waals surface area contributed by atoms with Crippen molar-refractivity contribution in [1.29, 1.82) is 0 Å². The zero-order valence-electron chi connectivity index (χ0n) is 21.1. The van der Waals surface area contributed by atoms with E-state index in [9.17, 15) is 19.8 Å².